The highest BCUT2D eigenvalue weighted by atomic mass is 16.6. The lowest BCUT2D eigenvalue weighted by Crippen LogP contribution is -2.07. The summed E-state index contributed by atoms with van der Waals surface area (Å²) in [5.41, 5.74) is 2.19. The molecule has 0 N–H and O–H groups in total. The average Bonchev–Trinajstić information content (AvgIpc) is 3.33. The number of methoxy groups -OCH3 is 1. The van der Waals surface area contributed by atoms with E-state index in [-0.39, 0.29) is 30.6 Å². The molecule has 2 heterocycles. The Morgan fingerprint density at radius 3 is 2.62 bits per heavy atom. The summed E-state index contributed by atoms with van der Waals surface area (Å²) in [6.07, 6.45) is 0.211. The number of esters is 2. The predicted molar refractivity (Wildman–Crippen MR) is 99.2 cm³/mol. The number of hydrogen-bond acceptors (Lipinski definition) is 9. The van der Waals surface area contributed by atoms with Crippen LogP contribution in [0.3, 0.4) is 0 Å². The smallest absolute Gasteiger partial charge is 0.377 e. The number of hydrogen-bond donors (Lipinski definition) is 0. The molecule has 0 spiro atoms. The Morgan fingerprint density at radius 1 is 1.17 bits per heavy atom. The molecular formula is C20H20N2O7. The van der Waals surface area contributed by atoms with Gasteiger partial charge in [0.1, 0.15) is 18.1 Å². The topological polar surface area (TPSA) is 114 Å². The van der Waals surface area contributed by atoms with Gasteiger partial charge < -0.3 is 23.2 Å². The Labute approximate surface area is 166 Å². The molecule has 0 saturated heterocycles. The summed E-state index contributed by atoms with van der Waals surface area (Å²) >= 11 is 0. The van der Waals surface area contributed by atoms with Crippen LogP contribution in [0.25, 0.3) is 11.5 Å². The monoisotopic (exact) mass is 400 g/mol. The number of aryl methyl sites for hydroxylation is 1. The molecule has 0 radical (unpaired) electrons. The van der Waals surface area contributed by atoms with Crippen molar-refractivity contribution in [2.45, 2.75) is 26.9 Å². The van der Waals surface area contributed by atoms with E-state index in [9.17, 15) is 9.59 Å². The lowest BCUT2D eigenvalue weighted by Gasteiger charge is -2.02. The van der Waals surface area contributed by atoms with Crippen LogP contribution in [0, 0.1) is 6.92 Å². The third kappa shape index (κ3) is 5.01. The third-order valence-corrected chi connectivity index (χ3v) is 3.98. The normalized spacial score (nSPS) is 10.6. The van der Waals surface area contributed by atoms with E-state index in [2.05, 4.69) is 14.9 Å². The fourth-order valence-corrected chi connectivity index (χ4v) is 2.50. The van der Waals surface area contributed by atoms with Crippen molar-refractivity contribution in [3.8, 4) is 17.3 Å². The summed E-state index contributed by atoms with van der Waals surface area (Å²) in [6, 6.07) is 8.64. The molecule has 0 aliphatic carbocycles. The van der Waals surface area contributed by atoms with E-state index < -0.39 is 5.97 Å². The number of carbonyl (C=O) groups is 2. The van der Waals surface area contributed by atoms with Gasteiger partial charge in [0, 0.05) is 5.56 Å². The Bertz CT molecular complexity index is 989. The zero-order valence-electron chi connectivity index (χ0n) is 16.3. The molecule has 3 rings (SSSR count). The summed E-state index contributed by atoms with van der Waals surface area (Å²) in [7, 11) is 1.25. The van der Waals surface area contributed by atoms with Crippen molar-refractivity contribution in [2.24, 2.45) is 0 Å². The Hall–Kier alpha value is -3.62. The second-order valence-electron chi connectivity index (χ2n) is 6.01. The Kier molecular flexibility index (Phi) is 6.28. The second-order valence-corrected chi connectivity index (χ2v) is 6.01. The van der Waals surface area contributed by atoms with E-state index in [1.165, 1.54) is 13.2 Å². The maximum Gasteiger partial charge on any atom is 0.377 e. The van der Waals surface area contributed by atoms with Gasteiger partial charge in [0.05, 0.1) is 26.2 Å². The van der Waals surface area contributed by atoms with E-state index in [0.29, 0.717) is 24.0 Å². The molecule has 29 heavy (non-hydrogen) atoms. The van der Waals surface area contributed by atoms with Crippen LogP contribution in [-0.4, -0.2) is 35.8 Å². The number of nitrogens with zero attached hydrogens (tertiary/aromatic N) is 2. The van der Waals surface area contributed by atoms with Gasteiger partial charge in [-0.2, -0.15) is 0 Å². The highest BCUT2D eigenvalue weighted by Crippen LogP contribution is 2.23. The zero-order chi connectivity index (χ0) is 20.8. The number of oxazole rings is 1. The van der Waals surface area contributed by atoms with Gasteiger partial charge in [-0.15, -0.1) is 0 Å². The van der Waals surface area contributed by atoms with Gasteiger partial charge in [-0.25, -0.2) is 9.78 Å². The molecular weight excluding hydrogens is 380 g/mol. The molecule has 2 aromatic heterocycles. The minimum Gasteiger partial charge on any atom is -0.469 e. The first-order valence-electron chi connectivity index (χ1n) is 8.89. The van der Waals surface area contributed by atoms with E-state index in [0.717, 1.165) is 11.1 Å². The molecule has 0 bridgehead atoms. The van der Waals surface area contributed by atoms with Crippen molar-refractivity contribution in [3.63, 3.8) is 0 Å². The number of aromatic nitrogens is 2. The van der Waals surface area contributed by atoms with Crippen LogP contribution >= 0.6 is 0 Å². The van der Waals surface area contributed by atoms with Crippen molar-refractivity contribution in [2.75, 3.05) is 13.7 Å². The molecule has 152 valence electrons. The molecule has 9 nitrogen and oxygen atoms in total. The summed E-state index contributed by atoms with van der Waals surface area (Å²) in [5, 5.41) is 3.65. The van der Waals surface area contributed by atoms with Crippen LogP contribution in [0.1, 0.15) is 34.5 Å². The number of benzene rings is 1. The molecule has 0 aliphatic heterocycles. The van der Waals surface area contributed by atoms with Crippen molar-refractivity contribution < 1.29 is 32.7 Å². The van der Waals surface area contributed by atoms with Crippen molar-refractivity contribution in [3.05, 3.63) is 53.1 Å². The van der Waals surface area contributed by atoms with E-state index in [1.807, 2.05) is 24.3 Å². The largest absolute Gasteiger partial charge is 0.469 e. The number of ether oxygens (including phenoxy) is 3. The molecule has 9 heteroatoms. The van der Waals surface area contributed by atoms with Gasteiger partial charge in [0.2, 0.25) is 11.7 Å². The lowest BCUT2D eigenvalue weighted by molar-refractivity contribution is -0.142. The molecule has 0 fully saturated rings. The van der Waals surface area contributed by atoms with Gasteiger partial charge in [0.15, 0.2) is 0 Å². The standard InChI is InChI=1S/C20H20N2O7/c1-4-26-18(23)9-13-5-7-14(8-6-13)19-21-15(12(2)28-19)11-27-17-10-16(29-22-17)20(24)25-3/h5-8,10H,4,9,11H2,1-3H3. The minimum atomic E-state index is -0.640. The predicted octanol–water partition coefficient (Wildman–Crippen LogP) is 3.11. The van der Waals surface area contributed by atoms with Gasteiger partial charge in [-0.3, -0.25) is 4.79 Å². The maximum absolute atomic E-state index is 11.6. The summed E-state index contributed by atoms with van der Waals surface area (Å²) in [6.45, 7) is 3.99. The third-order valence-electron chi connectivity index (χ3n) is 3.98. The first-order valence-corrected chi connectivity index (χ1v) is 8.89. The summed E-state index contributed by atoms with van der Waals surface area (Å²) in [5.74, 6) is 0.195. The fraction of sp³-hybridized carbons (Fsp3) is 0.300. The zero-order valence-corrected chi connectivity index (χ0v) is 16.3. The number of carbonyl (C=O) groups excluding carboxylic acids is 2. The molecule has 3 aromatic rings. The molecule has 0 amide bonds. The van der Waals surface area contributed by atoms with E-state index in [4.69, 9.17) is 18.4 Å². The van der Waals surface area contributed by atoms with Crippen molar-refractivity contribution in [1.29, 1.82) is 0 Å². The van der Waals surface area contributed by atoms with Crippen LogP contribution in [0.5, 0.6) is 5.88 Å². The highest BCUT2D eigenvalue weighted by molar-refractivity contribution is 5.86. The van der Waals surface area contributed by atoms with E-state index in [1.54, 1.807) is 13.8 Å². The molecule has 0 atom stereocenters. The van der Waals surface area contributed by atoms with Crippen LogP contribution in [0.2, 0.25) is 0 Å². The van der Waals surface area contributed by atoms with Crippen molar-refractivity contribution >= 4 is 11.9 Å². The highest BCUT2D eigenvalue weighted by Gasteiger charge is 2.16. The molecule has 1 aromatic carbocycles. The molecule has 0 aliphatic rings. The maximum atomic E-state index is 11.6. The first kappa shape index (κ1) is 20.1. The van der Waals surface area contributed by atoms with Crippen LogP contribution in [0.15, 0.2) is 39.3 Å². The molecule has 0 saturated carbocycles. The average molecular weight is 400 g/mol. The van der Waals surface area contributed by atoms with Crippen LogP contribution in [-0.2, 0) is 27.3 Å². The SMILES string of the molecule is CCOC(=O)Cc1ccc(-c2nc(COc3cc(C(=O)OC)on3)c(C)o2)cc1. The summed E-state index contributed by atoms with van der Waals surface area (Å²) in [4.78, 5) is 27.4. The second kappa shape index (κ2) is 9.05. The van der Waals surface area contributed by atoms with Crippen LogP contribution < -0.4 is 4.74 Å². The van der Waals surface area contributed by atoms with E-state index >= 15 is 0 Å². The fourth-order valence-electron chi connectivity index (χ4n) is 2.50. The van der Waals surface area contributed by atoms with Gasteiger partial charge in [-0.05, 0) is 36.7 Å². The lowest BCUT2D eigenvalue weighted by atomic mass is 10.1. The van der Waals surface area contributed by atoms with Gasteiger partial charge in [0.25, 0.3) is 5.88 Å². The van der Waals surface area contributed by atoms with Gasteiger partial charge >= 0.3 is 11.9 Å². The van der Waals surface area contributed by atoms with Crippen molar-refractivity contribution in [1.82, 2.24) is 10.1 Å². The minimum absolute atomic E-state index is 0.0528. The Balaban J connectivity index is 1.64. The van der Waals surface area contributed by atoms with Crippen LogP contribution in [0.4, 0.5) is 0 Å². The quantitative estimate of drug-likeness (QED) is 0.526. The summed E-state index contributed by atoms with van der Waals surface area (Å²) < 4.78 is 25.5. The molecule has 0 unspecified atom stereocenters. The van der Waals surface area contributed by atoms with Gasteiger partial charge in [-0.1, -0.05) is 12.1 Å². The number of rotatable bonds is 8. The Morgan fingerprint density at radius 2 is 1.93 bits per heavy atom. The first-order chi connectivity index (χ1) is 14.0.